The number of carbonyl (C=O) groups is 2. The summed E-state index contributed by atoms with van der Waals surface area (Å²) in [5.74, 6) is -2.03. The van der Waals surface area contributed by atoms with E-state index in [0.29, 0.717) is 0 Å². The van der Waals surface area contributed by atoms with Gasteiger partial charge in [0.1, 0.15) is 5.01 Å². The number of amides is 1. The molecule has 112 valence electrons. The molecule has 1 fully saturated rings. The minimum atomic E-state index is -0.871. The minimum Gasteiger partial charge on any atom is -0.481 e. The third-order valence-corrected chi connectivity index (χ3v) is 5.56. The van der Waals surface area contributed by atoms with E-state index < -0.39 is 17.8 Å². The number of carboxylic acid groups (broad SMARTS) is 1. The van der Waals surface area contributed by atoms with Crippen LogP contribution in [0.1, 0.15) is 30.1 Å². The van der Waals surface area contributed by atoms with Crippen molar-refractivity contribution in [3.63, 3.8) is 0 Å². The molecule has 2 N–H and O–H groups in total. The van der Waals surface area contributed by atoms with Crippen LogP contribution in [0.15, 0.2) is 17.5 Å². The van der Waals surface area contributed by atoms with Gasteiger partial charge in [0, 0.05) is 11.1 Å². The fourth-order valence-corrected chi connectivity index (χ4v) is 4.26. The molecule has 0 aliphatic heterocycles. The molecule has 2 bridgehead atoms. The fraction of sp³-hybridized carbons (Fsp3) is 0.533. The first kappa shape index (κ1) is 14.3. The van der Waals surface area contributed by atoms with E-state index in [2.05, 4.69) is 10.3 Å². The van der Waals surface area contributed by atoms with Gasteiger partial charge in [-0.15, -0.1) is 11.3 Å². The second-order valence-electron chi connectivity index (χ2n) is 5.90. The number of nitrogens with zero attached hydrogens (tertiary/aromatic N) is 1. The topological polar surface area (TPSA) is 79.3 Å². The van der Waals surface area contributed by atoms with Gasteiger partial charge in [0.2, 0.25) is 5.91 Å². The van der Waals surface area contributed by atoms with Crippen molar-refractivity contribution >= 4 is 23.2 Å². The first-order chi connectivity index (χ1) is 9.97. The molecule has 1 aromatic rings. The number of rotatable bonds is 4. The SMILES string of the molecule is Cc1csc(C(C)NC(=O)[C@H]2C3C=CC(C3)[C@H]2C(=O)O)n1. The van der Waals surface area contributed by atoms with Crippen LogP contribution in [-0.4, -0.2) is 22.0 Å². The third-order valence-electron chi connectivity index (χ3n) is 4.41. The Morgan fingerprint density at radius 1 is 1.38 bits per heavy atom. The second kappa shape index (κ2) is 5.26. The highest BCUT2D eigenvalue weighted by Gasteiger charge is 2.51. The summed E-state index contributed by atoms with van der Waals surface area (Å²) in [7, 11) is 0. The number of fused-ring (bicyclic) bond motifs is 2. The number of carbonyl (C=O) groups excluding carboxylic acids is 1. The zero-order valence-electron chi connectivity index (χ0n) is 11.9. The van der Waals surface area contributed by atoms with Gasteiger partial charge in [-0.1, -0.05) is 12.2 Å². The van der Waals surface area contributed by atoms with Crippen LogP contribution in [-0.2, 0) is 9.59 Å². The largest absolute Gasteiger partial charge is 0.481 e. The monoisotopic (exact) mass is 306 g/mol. The van der Waals surface area contributed by atoms with Gasteiger partial charge >= 0.3 is 5.97 Å². The van der Waals surface area contributed by atoms with E-state index in [9.17, 15) is 14.7 Å². The first-order valence-corrected chi connectivity index (χ1v) is 7.99. The lowest BCUT2D eigenvalue weighted by Crippen LogP contribution is -2.41. The van der Waals surface area contributed by atoms with Crippen molar-refractivity contribution in [3.05, 3.63) is 28.2 Å². The predicted octanol–water partition coefficient (Wildman–Crippen LogP) is 2.15. The molecule has 1 heterocycles. The van der Waals surface area contributed by atoms with Crippen LogP contribution in [0.25, 0.3) is 0 Å². The standard InChI is InChI=1S/C15H18N2O3S/c1-7-6-21-14(16-7)8(2)17-13(18)11-9-3-4-10(5-9)12(11)15(19)20/h3-4,6,8-12H,5H2,1-2H3,(H,17,18)(H,19,20)/t8?,9?,10?,11-,12+/m0/s1. The average molecular weight is 306 g/mol. The molecule has 0 saturated heterocycles. The number of aromatic nitrogens is 1. The molecule has 1 amide bonds. The van der Waals surface area contributed by atoms with Gasteiger partial charge in [0.05, 0.1) is 17.9 Å². The van der Waals surface area contributed by atoms with Crippen LogP contribution in [0.5, 0.6) is 0 Å². The molecule has 5 atom stereocenters. The number of nitrogens with one attached hydrogen (secondary N) is 1. The van der Waals surface area contributed by atoms with Gasteiger partial charge < -0.3 is 10.4 Å². The second-order valence-corrected chi connectivity index (χ2v) is 6.79. The summed E-state index contributed by atoms with van der Waals surface area (Å²) in [5, 5.41) is 15.1. The van der Waals surface area contributed by atoms with Gasteiger partial charge in [-0.3, -0.25) is 9.59 Å². The predicted molar refractivity (Wildman–Crippen MR) is 78.8 cm³/mol. The molecular weight excluding hydrogens is 288 g/mol. The van der Waals surface area contributed by atoms with Gasteiger partial charge in [0.25, 0.3) is 0 Å². The maximum absolute atomic E-state index is 12.5. The summed E-state index contributed by atoms with van der Waals surface area (Å²) in [6, 6.07) is -0.186. The Kier molecular flexibility index (Phi) is 3.57. The van der Waals surface area contributed by atoms with Crippen LogP contribution >= 0.6 is 11.3 Å². The van der Waals surface area contributed by atoms with E-state index in [-0.39, 0.29) is 23.8 Å². The van der Waals surface area contributed by atoms with Crippen molar-refractivity contribution in [1.82, 2.24) is 10.3 Å². The van der Waals surface area contributed by atoms with Crippen molar-refractivity contribution in [2.45, 2.75) is 26.3 Å². The molecule has 21 heavy (non-hydrogen) atoms. The van der Waals surface area contributed by atoms with E-state index >= 15 is 0 Å². The highest BCUT2D eigenvalue weighted by Crippen LogP contribution is 2.48. The first-order valence-electron chi connectivity index (χ1n) is 7.11. The number of carboxylic acids is 1. The lowest BCUT2D eigenvalue weighted by Gasteiger charge is -2.25. The summed E-state index contributed by atoms with van der Waals surface area (Å²) in [6.07, 6.45) is 4.72. The van der Waals surface area contributed by atoms with Crippen LogP contribution in [0.3, 0.4) is 0 Å². The molecule has 0 radical (unpaired) electrons. The lowest BCUT2D eigenvalue weighted by atomic mass is 9.82. The fourth-order valence-electron chi connectivity index (χ4n) is 3.46. The Bertz CT molecular complexity index is 610. The zero-order chi connectivity index (χ0) is 15.1. The molecular formula is C15H18N2O3S. The molecule has 3 unspecified atom stereocenters. The van der Waals surface area contributed by atoms with Crippen LogP contribution in [0, 0.1) is 30.6 Å². The molecule has 5 nitrogen and oxygen atoms in total. The maximum atomic E-state index is 12.5. The summed E-state index contributed by atoms with van der Waals surface area (Å²) in [4.78, 5) is 28.3. The van der Waals surface area contributed by atoms with Crippen LogP contribution < -0.4 is 5.32 Å². The molecule has 6 heteroatoms. The Morgan fingerprint density at radius 3 is 2.62 bits per heavy atom. The van der Waals surface area contributed by atoms with E-state index in [1.54, 1.807) is 0 Å². The molecule has 0 aromatic carbocycles. The van der Waals surface area contributed by atoms with Crippen molar-refractivity contribution in [3.8, 4) is 0 Å². The van der Waals surface area contributed by atoms with E-state index in [1.165, 1.54) is 11.3 Å². The normalized spacial score (nSPS) is 31.3. The van der Waals surface area contributed by atoms with Gasteiger partial charge in [0.15, 0.2) is 0 Å². The smallest absolute Gasteiger partial charge is 0.307 e. The van der Waals surface area contributed by atoms with Crippen molar-refractivity contribution < 1.29 is 14.7 Å². The number of aliphatic carboxylic acids is 1. The summed E-state index contributed by atoms with van der Waals surface area (Å²) in [6.45, 7) is 3.80. The molecule has 2 aliphatic carbocycles. The molecule has 1 saturated carbocycles. The third kappa shape index (κ3) is 2.48. The van der Waals surface area contributed by atoms with E-state index in [0.717, 1.165) is 17.1 Å². The number of allylic oxidation sites excluding steroid dienone is 2. The minimum absolute atomic E-state index is 0.000614. The zero-order valence-corrected chi connectivity index (χ0v) is 12.8. The quantitative estimate of drug-likeness (QED) is 0.835. The number of thiazole rings is 1. The van der Waals surface area contributed by atoms with Gasteiger partial charge in [-0.2, -0.15) is 0 Å². The van der Waals surface area contributed by atoms with Crippen molar-refractivity contribution in [2.24, 2.45) is 23.7 Å². The van der Waals surface area contributed by atoms with Gasteiger partial charge in [-0.25, -0.2) is 4.98 Å². The molecule has 3 rings (SSSR count). The van der Waals surface area contributed by atoms with Gasteiger partial charge in [-0.05, 0) is 32.1 Å². The lowest BCUT2D eigenvalue weighted by molar-refractivity contribution is -0.148. The maximum Gasteiger partial charge on any atom is 0.307 e. The Hall–Kier alpha value is -1.69. The summed E-state index contributed by atoms with van der Waals surface area (Å²) >= 11 is 1.51. The van der Waals surface area contributed by atoms with E-state index in [1.807, 2.05) is 31.4 Å². The Morgan fingerprint density at radius 2 is 2.05 bits per heavy atom. The van der Waals surface area contributed by atoms with Crippen molar-refractivity contribution in [1.29, 1.82) is 0 Å². The number of hydrogen-bond donors (Lipinski definition) is 2. The average Bonchev–Trinajstić information content (AvgIpc) is 3.12. The van der Waals surface area contributed by atoms with E-state index in [4.69, 9.17) is 0 Å². The molecule has 2 aliphatic rings. The highest BCUT2D eigenvalue weighted by molar-refractivity contribution is 7.09. The van der Waals surface area contributed by atoms with Crippen molar-refractivity contribution in [2.75, 3.05) is 0 Å². The number of hydrogen-bond acceptors (Lipinski definition) is 4. The van der Waals surface area contributed by atoms with Crippen LogP contribution in [0.4, 0.5) is 0 Å². The Labute approximate surface area is 127 Å². The molecule has 0 spiro atoms. The Balaban J connectivity index is 1.73. The number of aryl methyl sites for hydroxylation is 1. The summed E-state index contributed by atoms with van der Waals surface area (Å²) < 4.78 is 0. The highest BCUT2D eigenvalue weighted by atomic mass is 32.1. The van der Waals surface area contributed by atoms with Crippen LogP contribution in [0.2, 0.25) is 0 Å². The summed E-state index contributed by atoms with van der Waals surface area (Å²) in [5.41, 5.74) is 0.933. The molecule has 1 aromatic heterocycles.